The molecule has 0 aromatic heterocycles. The molecular weight excluding hydrogens is 264 g/mol. The Morgan fingerprint density at radius 2 is 1.67 bits per heavy atom. The Morgan fingerprint density at radius 1 is 1.40 bits per heavy atom. The molecule has 15 heavy (non-hydrogen) atoms. The highest BCUT2D eigenvalue weighted by Crippen LogP contribution is 2.24. The van der Waals surface area contributed by atoms with Crippen LogP contribution in [-0.4, -0.2) is 53.1 Å². The zero-order valence-electron chi connectivity index (χ0n) is 9.13. The van der Waals surface area contributed by atoms with Gasteiger partial charge in [0.2, 0.25) is 3.79 Å². The molecule has 0 bridgehead atoms. The van der Waals surface area contributed by atoms with Crippen LogP contribution in [0.4, 0.5) is 0 Å². The fourth-order valence-electron chi connectivity index (χ4n) is 0.793. The molecule has 0 aliphatic heterocycles. The lowest BCUT2D eigenvalue weighted by Crippen LogP contribution is -2.40. The lowest BCUT2D eigenvalue weighted by atomic mass is 10.3. The molecule has 0 spiro atoms. The number of carboxylic acids is 1. The number of carbonyl (C=O) groups is 1. The number of carboxylic acid groups (broad SMARTS) is 1. The van der Waals surface area contributed by atoms with Crippen molar-refractivity contribution in [2.45, 2.75) is 16.8 Å². The van der Waals surface area contributed by atoms with Crippen molar-refractivity contribution in [2.24, 2.45) is 0 Å². The number of alkyl halides is 3. The molecule has 0 heterocycles. The normalized spacial score (nSPS) is 13.9. The SMILES string of the molecule is CC(O)C[N+](C)(C)C.O=C([O-])C(Cl)(Cl)Cl. The number of hydrogen-bond acceptors (Lipinski definition) is 3. The standard InChI is InChI=1S/C6H16NO.C2HCl3O2/c1-6(8)5-7(2,3)4;3-2(4,5)1(6)7/h6,8H,5H2,1-4H3;(H,6,7)/q+1;/p-1. The smallest absolute Gasteiger partial charge is 0.230 e. The number of likely N-dealkylation sites (N-methyl/N-ethyl adjacent to an activating group) is 1. The third-order valence-electron chi connectivity index (χ3n) is 1.04. The number of aliphatic hydroxyl groups is 1. The van der Waals surface area contributed by atoms with E-state index in [1.165, 1.54) is 0 Å². The first-order valence-electron chi connectivity index (χ1n) is 4.13. The summed E-state index contributed by atoms with van der Waals surface area (Å²) >= 11 is 14.2. The maximum atomic E-state index is 9.51. The molecule has 0 saturated heterocycles. The minimum Gasteiger partial charge on any atom is -0.545 e. The first-order chi connectivity index (χ1) is 6.36. The Kier molecular flexibility index (Phi) is 7.95. The molecule has 0 aliphatic rings. The van der Waals surface area contributed by atoms with E-state index in [4.69, 9.17) is 39.9 Å². The first-order valence-corrected chi connectivity index (χ1v) is 5.26. The zero-order valence-corrected chi connectivity index (χ0v) is 11.4. The van der Waals surface area contributed by atoms with E-state index in [0.717, 1.165) is 11.0 Å². The third-order valence-corrected chi connectivity index (χ3v) is 1.51. The molecule has 0 aromatic rings. The van der Waals surface area contributed by atoms with E-state index in [0.29, 0.717) is 0 Å². The topological polar surface area (TPSA) is 60.4 Å². The largest absolute Gasteiger partial charge is 0.545 e. The predicted octanol–water partition coefficient (Wildman–Crippen LogP) is 0.180. The van der Waals surface area contributed by atoms with Crippen LogP contribution in [0.15, 0.2) is 0 Å². The molecule has 0 fully saturated rings. The Labute approximate surface area is 105 Å². The number of halogens is 3. The molecule has 1 atom stereocenters. The lowest BCUT2D eigenvalue weighted by molar-refractivity contribution is -0.873. The van der Waals surface area contributed by atoms with Gasteiger partial charge in [-0.05, 0) is 6.92 Å². The quantitative estimate of drug-likeness (QED) is 0.580. The second kappa shape index (κ2) is 6.76. The average Bonchev–Trinajstić information content (AvgIpc) is 1.78. The number of hydrogen-bond donors (Lipinski definition) is 1. The molecule has 0 saturated carbocycles. The number of aliphatic carboxylic acids is 1. The van der Waals surface area contributed by atoms with Crippen molar-refractivity contribution in [1.29, 1.82) is 0 Å². The average molecular weight is 281 g/mol. The predicted molar refractivity (Wildman–Crippen MR) is 59.9 cm³/mol. The van der Waals surface area contributed by atoms with E-state index in [1.54, 1.807) is 0 Å². The summed E-state index contributed by atoms with van der Waals surface area (Å²) in [7, 11) is 6.19. The molecule has 0 radical (unpaired) electrons. The monoisotopic (exact) mass is 279 g/mol. The number of carbonyl (C=O) groups excluding carboxylic acids is 1. The second-order valence-corrected chi connectivity index (χ2v) is 6.39. The van der Waals surface area contributed by atoms with Crippen molar-refractivity contribution >= 4 is 40.8 Å². The molecule has 4 nitrogen and oxygen atoms in total. The van der Waals surface area contributed by atoms with Crippen LogP contribution in [0.5, 0.6) is 0 Å². The molecule has 92 valence electrons. The summed E-state index contributed by atoms with van der Waals surface area (Å²) in [6.07, 6.45) is -0.185. The Hall–Kier alpha value is 0.260. The maximum Gasteiger partial charge on any atom is 0.230 e. The van der Waals surface area contributed by atoms with Crippen LogP contribution >= 0.6 is 34.8 Å². The Balaban J connectivity index is 0. The van der Waals surface area contributed by atoms with Crippen LogP contribution in [0, 0.1) is 0 Å². The highest BCUT2D eigenvalue weighted by Gasteiger charge is 2.20. The van der Waals surface area contributed by atoms with E-state index in [-0.39, 0.29) is 6.10 Å². The molecule has 0 amide bonds. The molecule has 0 aromatic carbocycles. The number of aliphatic hydroxyl groups excluding tert-OH is 1. The van der Waals surface area contributed by atoms with Gasteiger partial charge in [0.05, 0.1) is 27.1 Å². The summed E-state index contributed by atoms with van der Waals surface area (Å²) in [5.41, 5.74) is 0. The summed E-state index contributed by atoms with van der Waals surface area (Å²) in [6.45, 7) is 2.63. The van der Waals surface area contributed by atoms with Gasteiger partial charge in [0, 0.05) is 0 Å². The van der Waals surface area contributed by atoms with Gasteiger partial charge in [-0.25, -0.2) is 0 Å². The minimum absolute atomic E-state index is 0.185. The minimum atomic E-state index is -2.28. The highest BCUT2D eigenvalue weighted by molar-refractivity contribution is 6.75. The molecule has 7 heteroatoms. The van der Waals surface area contributed by atoms with Gasteiger partial charge in [-0.3, -0.25) is 0 Å². The van der Waals surface area contributed by atoms with E-state index in [9.17, 15) is 9.90 Å². The fraction of sp³-hybridized carbons (Fsp3) is 0.875. The van der Waals surface area contributed by atoms with E-state index < -0.39 is 9.76 Å². The lowest BCUT2D eigenvalue weighted by Gasteiger charge is -2.24. The van der Waals surface area contributed by atoms with E-state index >= 15 is 0 Å². The van der Waals surface area contributed by atoms with Crippen LogP contribution in [0.25, 0.3) is 0 Å². The highest BCUT2D eigenvalue weighted by atomic mass is 35.6. The summed E-state index contributed by atoms with van der Waals surface area (Å²) in [4.78, 5) is 9.51. The van der Waals surface area contributed by atoms with E-state index in [1.807, 2.05) is 6.92 Å². The van der Waals surface area contributed by atoms with Crippen LogP contribution < -0.4 is 5.11 Å². The zero-order chi connectivity index (χ0) is 12.9. The third kappa shape index (κ3) is 16.9. The molecule has 1 unspecified atom stereocenters. The van der Waals surface area contributed by atoms with Gasteiger partial charge >= 0.3 is 0 Å². The second-order valence-electron chi connectivity index (χ2n) is 4.11. The van der Waals surface area contributed by atoms with Gasteiger partial charge in [-0.15, -0.1) is 0 Å². The van der Waals surface area contributed by atoms with Crippen molar-refractivity contribution in [3.8, 4) is 0 Å². The van der Waals surface area contributed by atoms with Gasteiger partial charge in [0.25, 0.3) is 0 Å². The number of rotatable bonds is 2. The van der Waals surface area contributed by atoms with Crippen molar-refractivity contribution in [2.75, 3.05) is 27.7 Å². The van der Waals surface area contributed by atoms with Crippen LogP contribution in [0.1, 0.15) is 6.92 Å². The number of quaternary nitrogens is 1. The van der Waals surface area contributed by atoms with Crippen LogP contribution in [0.3, 0.4) is 0 Å². The fourth-order valence-corrected chi connectivity index (χ4v) is 0.793. The summed E-state index contributed by atoms with van der Waals surface area (Å²) < 4.78 is -1.45. The molecule has 0 rings (SSSR count). The van der Waals surface area contributed by atoms with Crippen molar-refractivity contribution in [3.63, 3.8) is 0 Å². The first kappa shape index (κ1) is 17.6. The molecular formula is C8H16Cl3NO3. The molecule has 0 aliphatic carbocycles. The maximum absolute atomic E-state index is 9.51. The van der Waals surface area contributed by atoms with Gasteiger partial charge < -0.3 is 19.5 Å². The Morgan fingerprint density at radius 3 is 1.67 bits per heavy atom. The summed E-state index contributed by atoms with van der Waals surface area (Å²) in [5, 5.41) is 18.4. The number of nitrogens with zero attached hydrogens (tertiary/aromatic N) is 1. The van der Waals surface area contributed by atoms with Crippen LogP contribution in [0.2, 0.25) is 0 Å². The summed E-state index contributed by atoms with van der Waals surface area (Å²) in [5.74, 6) is -1.71. The van der Waals surface area contributed by atoms with Gasteiger partial charge in [-0.1, -0.05) is 34.8 Å². The van der Waals surface area contributed by atoms with Gasteiger partial charge in [0.1, 0.15) is 12.6 Å². The van der Waals surface area contributed by atoms with Gasteiger partial charge in [0.15, 0.2) is 0 Å². The van der Waals surface area contributed by atoms with Crippen molar-refractivity contribution < 1.29 is 19.5 Å². The molecule has 1 N–H and O–H groups in total. The summed E-state index contributed by atoms with van der Waals surface area (Å²) in [6, 6.07) is 0. The Bertz CT molecular complexity index is 196. The van der Waals surface area contributed by atoms with E-state index in [2.05, 4.69) is 21.1 Å². The van der Waals surface area contributed by atoms with Gasteiger partial charge in [-0.2, -0.15) is 0 Å². The van der Waals surface area contributed by atoms with Crippen LogP contribution in [-0.2, 0) is 4.79 Å². The van der Waals surface area contributed by atoms with Crippen molar-refractivity contribution in [3.05, 3.63) is 0 Å². The van der Waals surface area contributed by atoms with Crippen molar-refractivity contribution in [1.82, 2.24) is 0 Å².